The van der Waals surface area contributed by atoms with Gasteiger partial charge in [-0.15, -0.1) is 0 Å². The van der Waals surface area contributed by atoms with Gasteiger partial charge >= 0.3 is 5.97 Å². The van der Waals surface area contributed by atoms with Crippen LogP contribution in [0.5, 0.6) is 5.75 Å². The maximum absolute atomic E-state index is 15.0. The summed E-state index contributed by atoms with van der Waals surface area (Å²) in [5.41, 5.74) is 4.96. The first kappa shape index (κ1) is 22.1. The van der Waals surface area contributed by atoms with Crippen LogP contribution in [-0.2, 0) is 4.79 Å². The van der Waals surface area contributed by atoms with Gasteiger partial charge in [0.2, 0.25) is 0 Å². The predicted octanol–water partition coefficient (Wildman–Crippen LogP) is 6.36. The van der Waals surface area contributed by atoms with Crippen LogP contribution >= 0.6 is 0 Å². The molecule has 6 heteroatoms. The lowest BCUT2D eigenvalue weighted by Gasteiger charge is -2.09. The van der Waals surface area contributed by atoms with Crippen molar-refractivity contribution in [1.82, 2.24) is 0 Å². The van der Waals surface area contributed by atoms with Crippen molar-refractivity contribution in [2.24, 2.45) is 0 Å². The van der Waals surface area contributed by atoms with Crippen molar-refractivity contribution in [2.45, 2.75) is 6.92 Å². The molecule has 172 valence electrons. The van der Waals surface area contributed by atoms with Crippen LogP contribution in [0.1, 0.15) is 27.0 Å². The summed E-state index contributed by atoms with van der Waals surface area (Å²) in [4.78, 5) is 24.2. The normalized spacial score (nSPS) is 13.5. The largest absolute Gasteiger partial charge is 0.507 e. The van der Waals surface area contributed by atoms with Gasteiger partial charge in [-0.2, -0.15) is 0 Å². The zero-order valence-electron chi connectivity index (χ0n) is 18.7. The van der Waals surface area contributed by atoms with E-state index in [0.29, 0.717) is 44.6 Å². The molecule has 0 unspecified atom stereocenters. The highest BCUT2D eigenvalue weighted by Crippen LogP contribution is 2.39. The maximum Gasteiger partial charge on any atom is 0.335 e. The van der Waals surface area contributed by atoms with Crippen molar-refractivity contribution in [2.75, 3.05) is 5.32 Å². The van der Waals surface area contributed by atoms with Gasteiger partial charge < -0.3 is 15.5 Å². The first-order chi connectivity index (χ1) is 16.8. The molecular weight excluding hydrogens is 445 g/mol. The number of carbonyl (C=O) groups is 2. The number of carbonyl (C=O) groups excluding carboxylic acids is 1. The Bertz CT molecular complexity index is 1540. The highest BCUT2D eigenvalue weighted by molar-refractivity contribution is 6.35. The van der Waals surface area contributed by atoms with Crippen molar-refractivity contribution in [1.29, 1.82) is 0 Å². The molecule has 0 fully saturated rings. The molecule has 0 atom stereocenters. The number of carboxylic acids is 1. The number of aryl methyl sites for hydroxylation is 1. The summed E-state index contributed by atoms with van der Waals surface area (Å²) in [6.07, 6.45) is 1.61. The topological polar surface area (TPSA) is 86.6 Å². The van der Waals surface area contributed by atoms with Gasteiger partial charge in [0, 0.05) is 22.3 Å². The van der Waals surface area contributed by atoms with Gasteiger partial charge in [0.05, 0.1) is 11.3 Å². The summed E-state index contributed by atoms with van der Waals surface area (Å²) in [7, 11) is 0. The molecule has 0 bridgehead atoms. The zero-order valence-corrected chi connectivity index (χ0v) is 18.7. The lowest BCUT2D eigenvalue weighted by atomic mass is 9.95. The lowest BCUT2D eigenvalue weighted by molar-refractivity contribution is -0.110. The first-order valence-electron chi connectivity index (χ1n) is 10.9. The third kappa shape index (κ3) is 4.06. The number of halogens is 1. The number of aromatic hydroxyl groups is 1. The monoisotopic (exact) mass is 465 g/mol. The molecule has 1 amide bonds. The van der Waals surface area contributed by atoms with E-state index in [1.807, 2.05) is 6.07 Å². The van der Waals surface area contributed by atoms with Gasteiger partial charge in [-0.25, -0.2) is 9.18 Å². The standard InChI is InChI=1S/C29H20FNO4/c1-16-6-7-17(12-21(16)29(34)35)13-24-23-14-22(25(30)15-26(23)31-28(24)33)19-10-8-18(9-11-19)20-4-2-3-5-27(20)32/h2-15,32H,1H3,(H,31,33)(H,34,35)/b24-13-. The van der Waals surface area contributed by atoms with E-state index in [1.165, 1.54) is 12.1 Å². The molecule has 5 rings (SSSR count). The molecule has 4 aromatic carbocycles. The van der Waals surface area contributed by atoms with Gasteiger partial charge in [-0.1, -0.05) is 54.6 Å². The number of fused-ring (bicyclic) bond motifs is 1. The molecule has 0 radical (unpaired) electrons. The summed E-state index contributed by atoms with van der Waals surface area (Å²) in [6, 6.07) is 22.0. The van der Waals surface area contributed by atoms with Crippen LogP contribution in [0.25, 0.3) is 33.9 Å². The summed E-state index contributed by atoms with van der Waals surface area (Å²) >= 11 is 0. The minimum absolute atomic E-state index is 0.155. The maximum atomic E-state index is 15.0. The number of rotatable bonds is 4. The van der Waals surface area contributed by atoms with E-state index in [2.05, 4.69) is 5.32 Å². The summed E-state index contributed by atoms with van der Waals surface area (Å²) in [5, 5.41) is 22.2. The minimum atomic E-state index is -1.05. The number of phenols is 1. The Hall–Kier alpha value is -4.71. The number of hydrogen-bond donors (Lipinski definition) is 3. The van der Waals surface area contributed by atoms with E-state index >= 15 is 4.39 Å². The van der Waals surface area contributed by atoms with Crippen molar-refractivity contribution in [3.63, 3.8) is 0 Å². The van der Waals surface area contributed by atoms with Crippen molar-refractivity contribution in [3.05, 3.63) is 107 Å². The molecule has 1 aliphatic heterocycles. The lowest BCUT2D eigenvalue weighted by Crippen LogP contribution is -2.04. The molecule has 0 saturated carbocycles. The van der Waals surface area contributed by atoms with E-state index in [1.54, 1.807) is 73.7 Å². The SMILES string of the molecule is Cc1ccc(/C=C2\C(=O)Nc3cc(F)c(-c4ccc(-c5ccccc5O)cc4)cc32)cc1C(=O)O. The van der Waals surface area contributed by atoms with E-state index < -0.39 is 11.8 Å². The summed E-state index contributed by atoms with van der Waals surface area (Å²) in [5.74, 6) is -1.76. The number of carboxylic acid groups (broad SMARTS) is 1. The molecule has 4 aromatic rings. The molecule has 5 nitrogen and oxygen atoms in total. The number of phenolic OH excluding ortho intramolecular Hbond substituents is 1. The Kier molecular flexibility index (Phi) is 5.41. The molecule has 0 spiro atoms. The smallest absolute Gasteiger partial charge is 0.335 e. The third-order valence-electron chi connectivity index (χ3n) is 6.10. The Morgan fingerprint density at radius 1 is 0.886 bits per heavy atom. The Morgan fingerprint density at radius 3 is 2.26 bits per heavy atom. The Morgan fingerprint density at radius 2 is 1.57 bits per heavy atom. The second-order valence-corrected chi connectivity index (χ2v) is 8.36. The van der Waals surface area contributed by atoms with Gasteiger partial charge in [0.1, 0.15) is 11.6 Å². The van der Waals surface area contributed by atoms with Crippen LogP contribution in [0.4, 0.5) is 10.1 Å². The Labute approximate surface area is 200 Å². The number of aromatic carboxylic acids is 1. The molecule has 1 heterocycles. The third-order valence-corrected chi connectivity index (χ3v) is 6.10. The van der Waals surface area contributed by atoms with Crippen LogP contribution < -0.4 is 5.32 Å². The molecule has 1 aliphatic rings. The fraction of sp³-hybridized carbons (Fsp3) is 0.0345. The second-order valence-electron chi connectivity index (χ2n) is 8.36. The highest BCUT2D eigenvalue weighted by atomic mass is 19.1. The van der Waals surface area contributed by atoms with Crippen molar-refractivity contribution in [3.8, 4) is 28.0 Å². The van der Waals surface area contributed by atoms with Crippen LogP contribution in [0.15, 0.2) is 78.9 Å². The van der Waals surface area contributed by atoms with E-state index in [0.717, 1.165) is 5.56 Å². The quantitative estimate of drug-likeness (QED) is 0.306. The number of anilines is 1. The molecule has 0 aromatic heterocycles. The minimum Gasteiger partial charge on any atom is -0.507 e. The summed E-state index contributed by atoms with van der Waals surface area (Å²) in [6.45, 7) is 1.71. The van der Waals surface area contributed by atoms with Gasteiger partial charge in [-0.3, -0.25) is 4.79 Å². The first-order valence-corrected chi connectivity index (χ1v) is 10.9. The fourth-order valence-corrected chi connectivity index (χ4v) is 4.25. The van der Waals surface area contributed by atoms with Crippen LogP contribution in [0, 0.1) is 12.7 Å². The molecule has 0 aliphatic carbocycles. The van der Waals surface area contributed by atoms with Crippen LogP contribution in [0.3, 0.4) is 0 Å². The molecular formula is C29H20FNO4. The second kappa shape index (κ2) is 8.57. The van der Waals surface area contributed by atoms with E-state index in [9.17, 15) is 19.8 Å². The highest BCUT2D eigenvalue weighted by Gasteiger charge is 2.26. The van der Waals surface area contributed by atoms with Gasteiger partial charge in [0.25, 0.3) is 5.91 Å². The molecule has 3 N–H and O–H groups in total. The van der Waals surface area contributed by atoms with E-state index in [4.69, 9.17) is 0 Å². The predicted molar refractivity (Wildman–Crippen MR) is 134 cm³/mol. The zero-order chi connectivity index (χ0) is 24.7. The molecule has 35 heavy (non-hydrogen) atoms. The van der Waals surface area contributed by atoms with Crippen LogP contribution in [-0.4, -0.2) is 22.1 Å². The van der Waals surface area contributed by atoms with E-state index in [-0.39, 0.29) is 17.2 Å². The van der Waals surface area contributed by atoms with Gasteiger partial charge in [-0.05, 0) is 59.5 Å². The number of amides is 1. The van der Waals surface area contributed by atoms with Gasteiger partial charge in [0.15, 0.2) is 0 Å². The molecule has 0 saturated heterocycles. The number of nitrogens with one attached hydrogen (secondary N) is 1. The number of para-hydroxylation sites is 1. The van der Waals surface area contributed by atoms with Crippen molar-refractivity contribution < 1.29 is 24.2 Å². The average Bonchev–Trinajstić information content (AvgIpc) is 3.13. The Balaban J connectivity index is 1.55. The average molecular weight is 465 g/mol. The number of hydrogen-bond acceptors (Lipinski definition) is 3. The van der Waals surface area contributed by atoms with Crippen molar-refractivity contribution >= 4 is 29.2 Å². The summed E-state index contributed by atoms with van der Waals surface area (Å²) < 4.78 is 15.0. The fourth-order valence-electron chi connectivity index (χ4n) is 4.25. The van der Waals surface area contributed by atoms with Crippen LogP contribution in [0.2, 0.25) is 0 Å². The number of benzene rings is 4.